The second-order valence-corrected chi connectivity index (χ2v) is 5.03. The van der Waals surface area contributed by atoms with E-state index in [4.69, 9.17) is 17.0 Å². The number of pyridine rings is 1. The lowest BCUT2D eigenvalue weighted by molar-refractivity contribution is 0.415. The molecule has 1 atom stereocenters. The van der Waals surface area contributed by atoms with E-state index < -0.39 is 0 Å². The first-order chi connectivity index (χ1) is 9.70. The van der Waals surface area contributed by atoms with Gasteiger partial charge in [-0.05, 0) is 42.9 Å². The summed E-state index contributed by atoms with van der Waals surface area (Å²) < 4.78 is 8.04. The largest absolute Gasteiger partial charge is 0.497 e. The van der Waals surface area contributed by atoms with Gasteiger partial charge in [-0.15, -0.1) is 0 Å². The van der Waals surface area contributed by atoms with Crippen LogP contribution in [-0.2, 0) is 0 Å². The highest BCUT2D eigenvalue weighted by atomic mass is 32.1. The number of imidazole rings is 1. The zero-order valence-electron chi connectivity index (χ0n) is 11.3. The quantitative estimate of drug-likeness (QED) is 0.746. The van der Waals surface area contributed by atoms with Gasteiger partial charge in [0.2, 0.25) is 0 Å². The Labute approximate surface area is 122 Å². The van der Waals surface area contributed by atoms with Crippen molar-refractivity contribution >= 4 is 23.3 Å². The van der Waals surface area contributed by atoms with E-state index in [9.17, 15) is 0 Å². The molecule has 0 saturated carbocycles. The van der Waals surface area contributed by atoms with Gasteiger partial charge in [0.25, 0.3) is 0 Å². The van der Waals surface area contributed by atoms with Crippen LogP contribution in [0.3, 0.4) is 0 Å². The molecule has 0 saturated heterocycles. The Morgan fingerprint density at radius 2 is 2.20 bits per heavy atom. The summed E-state index contributed by atoms with van der Waals surface area (Å²) in [6.45, 7) is 2.12. The van der Waals surface area contributed by atoms with E-state index in [-0.39, 0.29) is 6.04 Å². The molecule has 4 nitrogen and oxygen atoms in total. The van der Waals surface area contributed by atoms with Crippen LogP contribution in [0.15, 0.2) is 42.7 Å². The summed E-state index contributed by atoms with van der Waals surface area (Å²) in [6, 6.07) is 10.0. The van der Waals surface area contributed by atoms with Crippen molar-refractivity contribution in [3.05, 3.63) is 53.1 Å². The molecule has 0 fully saturated rings. The topological polar surface area (TPSA) is 42.8 Å². The molecule has 0 bridgehead atoms. The van der Waals surface area contributed by atoms with Crippen LogP contribution < -0.4 is 4.74 Å². The molecule has 2 aromatic heterocycles. The number of aromatic amines is 1. The number of hydrogen-bond donors (Lipinski definition) is 1. The van der Waals surface area contributed by atoms with Crippen LogP contribution in [0.25, 0.3) is 11.0 Å². The minimum atomic E-state index is 0.123. The van der Waals surface area contributed by atoms with Crippen molar-refractivity contribution in [3.8, 4) is 5.75 Å². The number of nitrogens with one attached hydrogen (secondary N) is 1. The number of nitrogens with zero attached hydrogens (tertiary/aromatic N) is 2. The van der Waals surface area contributed by atoms with Gasteiger partial charge in [-0.1, -0.05) is 6.07 Å². The Morgan fingerprint density at radius 1 is 1.35 bits per heavy atom. The predicted octanol–water partition coefficient (Wildman–Crippen LogP) is 3.71. The van der Waals surface area contributed by atoms with Crippen molar-refractivity contribution in [2.75, 3.05) is 7.11 Å². The van der Waals surface area contributed by atoms with Crippen molar-refractivity contribution in [2.45, 2.75) is 13.0 Å². The summed E-state index contributed by atoms with van der Waals surface area (Å²) >= 11 is 5.45. The summed E-state index contributed by atoms with van der Waals surface area (Å²) in [6.07, 6.45) is 3.64. The van der Waals surface area contributed by atoms with Crippen LogP contribution >= 0.6 is 12.2 Å². The van der Waals surface area contributed by atoms with E-state index in [1.54, 1.807) is 13.3 Å². The lowest BCUT2D eigenvalue weighted by atomic mass is 10.1. The van der Waals surface area contributed by atoms with Gasteiger partial charge < -0.3 is 14.3 Å². The number of hydrogen-bond acceptors (Lipinski definition) is 3. The summed E-state index contributed by atoms with van der Waals surface area (Å²) in [4.78, 5) is 7.40. The first-order valence-corrected chi connectivity index (χ1v) is 6.79. The van der Waals surface area contributed by atoms with Crippen LogP contribution in [0.5, 0.6) is 5.75 Å². The number of aromatic nitrogens is 3. The molecule has 3 aromatic rings. The molecule has 5 heteroatoms. The van der Waals surface area contributed by atoms with Crippen LogP contribution in [0.1, 0.15) is 18.5 Å². The zero-order chi connectivity index (χ0) is 14.1. The van der Waals surface area contributed by atoms with Crippen LogP contribution in [0.4, 0.5) is 0 Å². The Hall–Kier alpha value is -2.14. The lowest BCUT2D eigenvalue weighted by Crippen LogP contribution is -2.06. The highest BCUT2D eigenvalue weighted by molar-refractivity contribution is 7.71. The van der Waals surface area contributed by atoms with Crippen molar-refractivity contribution in [2.24, 2.45) is 0 Å². The molecule has 0 radical (unpaired) electrons. The van der Waals surface area contributed by atoms with Gasteiger partial charge in [0.05, 0.1) is 24.2 Å². The summed E-state index contributed by atoms with van der Waals surface area (Å²) in [7, 11) is 1.66. The van der Waals surface area contributed by atoms with Crippen LogP contribution in [0.2, 0.25) is 0 Å². The second kappa shape index (κ2) is 5.09. The summed E-state index contributed by atoms with van der Waals surface area (Å²) in [5.74, 6) is 0.815. The maximum Gasteiger partial charge on any atom is 0.178 e. The van der Waals surface area contributed by atoms with Crippen molar-refractivity contribution in [3.63, 3.8) is 0 Å². The third-order valence-corrected chi connectivity index (χ3v) is 3.78. The molecule has 1 unspecified atom stereocenters. The Morgan fingerprint density at radius 3 is 2.90 bits per heavy atom. The number of fused-ring (bicyclic) bond motifs is 1. The number of ether oxygens (including phenoxy) is 1. The first-order valence-electron chi connectivity index (χ1n) is 6.39. The van der Waals surface area contributed by atoms with Crippen LogP contribution in [-0.4, -0.2) is 21.6 Å². The maximum atomic E-state index is 5.45. The number of rotatable bonds is 3. The van der Waals surface area contributed by atoms with Gasteiger partial charge in [0.1, 0.15) is 5.75 Å². The number of methoxy groups -OCH3 is 1. The Kier molecular flexibility index (Phi) is 3.28. The van der Waals surface area contributed by atoms with Crippen molar-refractivity contribution in [1.82, 2.24) is 14.5 Å². The molecule has 102 valence electrons. The third-order valence-electron chi connectivity index (χ3n) is 3.48. The Balaban J connectivity index is 2.16. The van der Waals surface area contributed by atoms with E-state index in [2.05, 4.69) is 27.5 Å². The normalized spacial score (nSPS) is 12.5. The minimum absolute atomic E-state index is 0.123. The smallest absolute Gasteiger partial charge is 0.178 e. The maximum absolute atomic E-state index is 5.45. The monoisotopic (exact) mass is 285 g/mol. The average molecular weight is 285 g/mol. The molecule has 0 spiro atoms. The molecule has 0 aliphatic carbocycles. The molecule has 0 amide bonds. The minimum Gasteiger partial charge on any atom is -0.497 e. The molecule has 0 aliphatic heterocycles. The molecular weight excluding hydrogens is 270 g/mol. The van der Waals surface area contributed by atoms with E-state index in [0.29, 0.717) is 4.77 Å². The molecule has 1 N–H and O–H groups in total. The van der Waals surface area contributed by atoms with Crippen molar-refractivity contribution < 1.29 is 4.74 Å². The molecule has 1 aromatic carbocycles. The summed E-state index contributed by atoms with van der Waals surface area (Å²) in [5, 5.41) is 0. The van der Waals surface area contributed by atoms with E-state index in [1.165, 1.54) is 0 Å². The standard InChI is InChI=1S/C15H15N3OS/c1-10(11-4-3-7-16-9-11)18-14-6-5-12(19-2)8-13(14)17-15(18)20/h3-10H,1-2H3,(H,17,20). The highest BCUT2D eigenvalue weighted by Crippen LogP contribution is 2.26. The number of benzene rings is 1. The van der Waals surface area contributed by atoms with Gasteiger partial charge in [0, 0.05) is 18.5 Å². The predicted molar refractivity (Wildman–Crippen MR) is 81.7 cm³/mol. The molecule has 2 heterocycles. The highest BCUT2D eigenvalue weighted by Gasteiger charge is 2.13. The van der Waals surface area contributed by atoms with E-state index in [0.717, 1.165) is 22.3 Å². The Bertz CT molecular complexity index is 792. The van der Waals surface area contributed by atoms with Crippen LogP contribution in [0, 0.1) is 4.77 Å². The van der Waals surface area contributed by atoms with Gasteiger partial charge in [0.15, 0.2) is 4.77 Å². The van der Waals surface area contributed by atoms with Gasteiger partial charge in [-0.2, -0.15) is 0 Å². The average Bonchev–Trinajstić information content (AvgIpc) is 2.82. The molecule has 20 heavy (non-hydrogen) atoms. The van der Waals surface area contributed by atoms with Gasteiger partial charge in [-0.25, -0.2) is 0 Å². The van der Waals surface area contributed by atoms with Gasteiger partial charge >= 0.3 is 0 Å². The number of H-pyrrole nitrogens is 1. The lowest BCUT2D eigenvalue weighted by Gasteiger charge is -2.14. The SMILES string of the molecule is COc1ccc2c(c1)[nH]c(=S)n2C(C)c1cccnc1. The van der Waals surface area contributed by atoms with Crippen molar-refractivity contribution in [1.29, 1.82) is 0 Å². The van der Waals surface area contributed by atoms with E-state index in [1.807, 2.05) is 30.5 Å². The fourth-order valence-electron chi connectivity index (χ4n) is 2.39. The molecule has 0 aliphatic rings. The fraction of sp³-hybridized carbons (Fsp3) is 0.200. The molecule has 3 rings (SSSR count). The third kappa shape index (κ3) is 2.10. The van der Waals surface area contributed by atoms with E-state index >= 15 is 0 Å². The molecular formula is C15H15N3OS. The fourth-order valence-corrected chi connectivity index (χ4v) is 2.76. The van der Waals surface area contributed by atoms with Gasteiger partial charge in [-0.3, -0.25) is 4.98 Å². The summed E-state index contributed by atoms with van der Waals surface area (Å²) in [5.41, 5.74) is 3.16. The second-order valence-electron chi connectivity index (χ2n) is 4.65. The zero-order valence-corrected chi connectivity index (χ0v) is 12.1. The first kappa shape index (κ1) is 12.9.